The van der Waals surface area contributed by atoms with Gasteiger partial charge in [-0.1, -0.05) is 32.1 Å². The minimum atomic E-state index is 0.0484. The molecule has 2 unspecified atom stereocenters. The molecule has 2 atom stereocenters. The van der Waals surface area contributed by atoms with Gasteiger partial charge in [0.2, 0.25) is 16.0 Å². The van der Waals surface area contributed by atoms with Crippen LogP contribution in [-0.2, 0) is 10.2 Å². The maximum atomic E-state index is 12.4. The van der Waals surface area contributed by atoms with Crippen molar-refractivity contribution in [3.63, 3.8) is 0 Å². The second-order valence-electron chi connectivity index (χ2n) is 9.12. The molecule has 0 radical (unpaired) electrons. The van der Waals surface area contributed by atoms with E-state index in [2.05, 4.69) is 36.8 Å². The van der Waals surface area contributed by atoms with E-state index in [1.54, 1.807) is 11.3 Å². The normalized spacial score (nSPS) is 27.3. The van der Waals surface area contributed by atoms with Crippen LogP contribution in [0, 0.1) is 5.92 Å². The Morgan fingerprint density at radius 2 is 2.00 bits per heavy atom. The lowest BCUT2D eigenvalue weighted by Crippen LogP contribution is -2.56. The number of piperidine rings is 2. The number of hydrogen-bond donors (Lipinski definition) is 0. The number of amides is 1. The van der Waals surface area contributed by atoms with Crippen LogP contribution in [0.4, 0.5) is 5.13 Å². The maximum absolute atomic E-state index is 12.4. The molecule has 1 aliphatic carbocycles. The number of hydrogen-bond acceptors (Lipinski definition) is 5. The van der Waals surface area contributed by atoms with Gasteiger partial charge in [-0.3, -0.25) is 4.79 Å². The molecule has 2 saturated heterocycles. The number of fused-ring (bicyclic) bond motifs is 2. The standard InChI is InChI=1S/C19H27N5OS/c1-19(2,3)15-11-23-17(20-15)26-18(21-23)22-9-8-14-12(10-22)4-7-16(25)24(14)13-5-6-13/h11-14H,4-10H2,1-3H3. The Bertz CT molecular complexity index is 814. The monoisotopic (exact) mass is 373 g/mol. The quantitative estimate of drug-likeness (QED) is 0.812. The molecule has 2 aliphatic heterocycles. The van der Waals surface area contributed by atoms with Crippen molar-refractivity contribution in [1.29, 1.82) is 0 Å². The van der Waals surface area contributed by atoms with E-state index in [-0.39, 0.29) is 5.41 Å². The molecule has 0 bridgehead atoms. The van der Waals surface area contributed by atoms with E-state index in [9.17, 15) is 4.79 Å². The number of anilines is 1. The van der Waals surface area contributed by atoms with E-state index < -0.39 is 0 Å². The van der Waals surface area contributed by atoms with Crippen molar-refractivity contribution in [2.24, 2.45) is 5.92 Å². The number of rotatable bonds is 2. The fraction of sp³-hybridized carbons (Fsp3) is 0.737. The fourth-order valence-corrected chi connectivity index (χ4v) is 5.39. The Morgan fingerprint density at radius 1 is 1.19 bits per heavy atom. The van der Waals surface area contributed by atoms with Crippen LogP contribution in [0.15, 0.2) is 6.20 Å². The summed E-state index contributed by atoms with van der Waals surface area (Å²) in [5.41, 5.74) is 1.14. The van der Waals surface area contributed by atoms with Crippen molar-refractivity contribution in [2.45, 2.75) is 70.4 Å². The molecular formula is C19H27N5OS. The van der Waals surface area contributed by atoms with Gasteiger partial charge in [0.05, 0.1) is 11.9 Å². The van der Waals surface area contributed by atoms with E-state index in [1.165, 1.54) is 12.8 Å². The summed E-state index contributed by atoms with van der Waals surface area (Å²) in [6, 6.07) is 0.998. The zero-order valence-corrected chi connectivity index (χ0v) is 16.6. The smallest absolute Gasteiger partial charge is 0.223 e. The summed E-state index contributed by atoms with van der Waals surface area (Å²) in [5, 5.41) is 5.88. The average Bonchev–Trinajstić information content (AvgIpc) is 3.20. The number of likely N-dealkylation sites (tertiary alicyclic amines) is 1. The molecule has 1 saturated carbocycles. The Hall–Kier alpha value is -1.63. The van der Waals surface area contributed by atoms with Gasteiger partial charge >= 0.3 is 0 Å². The second-order valence-corrected chi connectivity index (χ2v) is 10.1. The van der Waals surface area contributed by atoms with Crippen LogP contribution in [0.25, 0.3) is 4.96 Å². The van der Waals surface area contributed by atoms with Gasteiger partial charge < -0.3 is 9.80 Å². The Balaban J connectivity index is 1.35. The first kappa shape index (κ1) is 16.5. The third-order valence-corrected chi connectivity index (χ3v) is 7.06. The zero-order chi connectivity index (χ0) is 18.1. The SMILES string of the molecule is CC(C)(C)c1cn2nc(N3CCC4C(CCC(=O)N4C4CC4)C3)sc2n1. The summed E-state index contributed by atoms with van der Waals surface area (Å²) in [7, 11) is 0. The third kappa shape index (κ3) is 2.71. The minimum Gasteiger partial charge on any atom is -0.346 e. The third-order valence-electron chi connectivity index (χ3n) is 6.08. The predicted octanol–water partition coefficient (Wildman–Crippen LogP) is 3.07. The van der Waals surface area contributed by atoms with E-state index in [0.717, 1.165) is 48.1 Å². The van der Waals surface area contributed by atoms with E-state index >= 15 is 0 Å². The van der Waals surface area contributed by atoms with Gasteiger partial charge in [-0.2, -0.15) is 0 Å². The molecule has 4 heterocycles. The molecule has 0 N–H and O–H groups in total. The summed E-state index contributed by atoms with van der Waals surface area (Å²) < 4.78 is 1.94. The van der Waals surface area contributed by atoms with Crippen LogP contribution < -0.4 is 4.90 Å². The topological polar surface area (TPSA) is 53.7 Å². The lowest BCUT2D eigenvalue weighted by molar-refractivity contribution is -0.140. The summed E-state index contributed by atoms with van der Waals surface area (Å²) in [4.78, 5) is 22.8. The Labute approximate surface area is 158 Å². The van der Waals surface area contributed by atoms with Crippen LogP contribution in [0.1, 0.15) is 58.6 Å². The molecule has 2 aromatic heterocycles. The fourth-order valence-electron chi connectivity index (χ4n) is 4.47. The van der Waals surface area contributed by atoms with Gasteiger partial charge in [0.15, 0.2) is 0 Å². The van der Waals surface area contributed by atoms with Crippen molar-refractivity contribution in [3.05, 3.63) is 11.9 Å². The van der Waals surface area contributed by atoms with Crippen LogP contribution in [0.2, 0.25) is 0 Å². The summed E-state index contributed by atoms with van der Waals surface area (Å²) in [6.07, 6.45) is 7.30. The van der Waals surface area contributed by atoms with Crippen LogP contribution in [0.3, 0.4) is 0 Å². The van der Waals surface area contributed by atoms with E-state index in [4.69, 9.17) is 10.1 Å². The van der Waals surface area contributed by atoms with E-state index in [0.29, 0.717) is 23.9 Å². The number of carbonyl (C=O) groups excluding carboxylic acids is 1. The molecule has 0 aromatic carbocycles. The van der Waals surface area contributed by atoms with Crippen molar-refractivity contribution in [1.82, 2.24) is 19.5 Å². The molecule has 26 heavy (non-hydrogen) atoms. The van der Waals surface area contributed by atoms with Gasteiger partial charge in [0, 0.05) is 37.0 Å². The summed E-state index contributed by atoms with van der Waals surface area (Å²) in [6.45, 7) is 8.55. The highest BCUT2D eigenvalue weighted by atomic mass is 32.1. The highest BCUT2D eigenvalue weighted by Gasteiger charge is 2.45. The van der Waals surface area contributed by atoms with Crippen LogP contribution >= 0.6 is 11.3 Å². The van der Waals surface area contributed by atoms with Crippen molar-refractivity contribution in [3.8, 4) is 0 Å². The van der Waals surface area contributed by atoms with Gasteiger partial charge in [0.1, 0.15) is 0 Å². The predicted molar refractivity (Wildman–Crippen MR) is 103 cm³/mol. The van der Waals surface area contributed by atoms with Crippen molar-refractivity contribution >= 4 is 27.3 Å². The van der Waals surface area contributed by atoms with Crippen molar-refractivity contribution < 1.29 is 4.79 Å². The number of imidazole rings is 1. The second kappa shape index (κ2) is 5.68. The van der Waals surface area contributed by atoms with Gasteiger partial charge in [-0.05, 0) is 31.6 Å². The first-order valence-corrected chi connectivity index (χ1v) is 10.6. The molecular weight excluding hydrogens is 346 g/mol. The molecule has 0 spiro atoms. The maximum Gasteiger partial charge on any atom is 0.223 e. The van der Waals surface area contributed by atoms with Gasteiger partial charge in [-0.25, -0.2) is 9.50 Å². The molecule has 7 heteroatoms. The summed E-state index contributed by atoms with van der Waals surface area (Å²) in [5.74, 6) is 0.980. The molecule has 6 nitrogen and oxygen atoms in total. The Kier molecular flexibility index (Phi) is 3.61. The highest BCUT2D eigenvalue weighted by molar-refractivity contribution is 7.20. The summed E-state index contributed by atoms with van der Waals surface area (Å²) >= 11 is 1.69. The largest absolute Gasteiger partial charge is 0.346 e. The zero-order valence-electron chi connectivity index (χ0n) is 15.8. The first-order valence-electron chi connectivity index (χ1n) is 9.83. The molecule has 3 aliphatic rings. The molecule has 1 amide bonds. The van der Waals surface area contributed by atoms with Crippen molar-refractivity contribution in [2.75, 3.05) is 18.0 Å². The highest BCUT2D eigenvalue weighted by Crippen LogP contribution is 2.40. The lowest BCUT2D eigenvalue weighted by atomic mass is 9.83. The Morgan fingerprint density at radius 3 is 2.69 bits per heavy atom. The molecule has 2 aromatic rings. The lowest BCUT2D eigenvalue weighted by Gasteiger charge is -2.47. The molecule has 3 fully saturated rings. The van der Waals surface area contributed by atoms with E-state index in [1.807, 2.05) is 4.52 Å². The van der Waals surface area contributed by atoms with Crippen LogP contribution in [-0.4, -0.2) is 50.6 Å². The van der Waals surface area contributed by atoms with Gasteiger partial charge in [-0.15, -0.1) is 5.10 Å². The van der Waals surface area contributed by atoms with Crippen LogP contribution in [0.5, 0.6) is 0 Å². The molecule has 5 rings (SSSR count). The number of carbonyl (C=O) groups is 1. The molecule has 140 valence electrons. The number of nitrogens with zero attached hydrogens (tertiary/aromatic N) is 5. The number of aromatic nitrogens is 3. The average molecular weight is 374 g/mol. The first-order chi connectivity index (χ1) is 12.4. The van der Waals surface area contributed by atoms with Gasteiger partial charge in [0.25, 0.3) is 0 Å². The minimum absolute atomic E-state index is 0.0484.